The fourth-order valence-corrected chi connectivity index (χ4v) is 2.76. The second kappa shape index (κ2) is 4.95. The second-order valence-electron chi connectivity index (χ2n) is 3.98. The summed E-state index contributed by atoms with van der Waals surface area (Å²) in [6.07, 6.45) is 4.60. The summed E-state index contributed by atoms with van der Waals surface area (Å²) < 4.78 is 5.38. The summed E-state index contributed by atoms with van der Waals surface area (Å²) in [5, 5.41) is 0. The molecule has 0 fully saturated rings. The number of nitrogens with zero attached hydrogens (tertiary/aromatic N) is 1. The molecule has 16 heavy (non-hydrogen) atoms. The van der Waals surface area contributed by atoms with Crippen LogP contribution in [0.3, 0.4) is 0 Å². The van der Waals surface area contributed by atoms with E-state index in [0.717, 1.165) is 30.5 Å². The summed E-state index contributed by atoms with van der Waals surface area (Å²) in [6, 6.07) is 3.88. The van der Waals surface area contributed by atoms with Gasteiger partial charge < -0.3 is 4.74 Å². The van der Waals surface area contributed by atoms with Crippen molar-refractivity contribution >= 4 is 21.9 Å². The minimum Gasteiger partial charge on any atom is -0.456 e. The van der Waals surface area contributed by atoms with Gasteiger partial charge in [-0.25, -0.2) is 0 Å². The fraction of sp³-hybridized carbons (Fsp3) is 0.500. The van der Waals surface area contributed by atoms with Crippen molar-refractivity contribution in [2.45, 2.75) is 37.1 Å². The normalized spacial score (nSPS) is 24.4. The Bertz CT molecular complexity index is 394. The standard InChI is InChI=1S/C12H14BrNO2/c1-8(15)16-12-9-4-3-7-14-11(9)6-2-5-10(12)13/h3-4,7,10,12H,2,5-6H2,1H3. The highest BCUT2D eigenvalue weighted by molar-refractivity contribution is 9.09. The number of fused-ring (bicyclic) bond motifs is 1. The molecule has 1 aliphatic rings. The number of pyridine rings is 1. The number of ether oxygens (including phenoxy) is 1. The molecule has 2 atom stereocenters. The third-order valence-electron chi connectivity index (χ3n) is 2.75. The van der Waals surface area contributed by atoms with Crippen LogP contribution in [0.4, 0.5) is 0 Å². The first kappa shape index (κ1) is 11.6. The Balaban J connectivity index is 2.35. The fourth-order valence-electron chi connectivity index (χ4n) is 2.05. The van der Waals surface area contributed by atoms with Gasteiger partial charge in [-0.2, -0.15) is 0 Å². The monoisotopic (exact) mass is 283 g/mol. The Morgan fingerprint density at radius 1 is 1.62 bits per heavy atom. The Hall–Kier alpha value is -0.900. The first-order valence-electron chi connectivity index (χ1n) is 5.43. The van der Waals surface area contributed by atoms with Crippen LogP contribution < -0.4 is 0 Å². The highest BCUT2D eigenvalue weighted by Crippen LogP contribution is 2.34. The van der Waals surface area contributed by atoms with Crippen molar-refractivity contribution in [3.63, 3.8) is 0 Å². The molecule has 0 radical (unpaired) electrons. The highest BCUT2D eigenvalue weighted by atomic mass is 79.9. The van der Waals surface area contributed by atoms with Gasteiger partial charge in [-0.05, 0) is 25.3 Å². The van der Waals surface area contributed by atoms with Crippen LogP contribution in [-0.2, 0) is 16.0 Å². The number of halogens is 1. The predicted molar refractivity (Wildman–Crippen MR) is 64.4 cm³/mol. The Morgan fingerprint density at radius 2 is 2.44 bits per heavy atom. The number of carbonyl (C=O) groups excluding carboxylic acids is 1. The molecule has 1 aromatic rings. The molecule has 0 saturated carbocycles. The van der Waals surface area contributed by atoms with E-state index < -0.39 is 0 Å². The molecule has 0 amide bonds. The van der Waals surface area contributed by atoms with Gasteiger partial charge >= 0.3 is 5.97 Å². The maximum absolute atomic E-state index is 11.1. The lowest BCUT2D eigenvalue weighted by molar-refractivity contribution is -0.146. The van der Waals surface area contributed by atoms with Crippen LogP contribution in [0.2, 0.25) is 0 Å². The summed E-state index contributed by atoms with van der Waals surface area (Å²) in [5.41, 5.74) is 2.09. The molecule has 3 nitrogen and oxygen atoms in total. The van der Waals surface area contributed by atoms with E-state index in [1.807, 2.05) is 12.1 Å². The first-order chi connectivity index (χ1) is 7.68. The Kier molecular flexibility index (Phi) is 3.59. The number of hydrogen-bond donors (Lipinski definition) is 0. The number of esters is 1. The lowest BCUT2D eigenvalue weighted by Crippen LogP contribution is -2.18. The molecular weight excluding hydrogens is 270 g/mol. The number of alkyl halides is 1. The molecule has 0 saturated heterocycles. The second-order valence-corrected chi connectivity index (χ2v) is 5.15. The predicted octanol–water partition coefficient (Wildman–Crippen LogP) is 2.79. The van der Waals surface area contributed by atoms with E-state index in [4.69, 9.17) is 4.74 Å². The van der Waals surface area contributed by atoms with Crippen LogP contribution in [0.25, 0.3) is 0 Å². The van der Waals surface area contributed by atoms with Crippen molar-refractivity contribution in [1.82, 2.24) is 4.98 Å². The van der Waals surface area contributed by atoms with Gasteiger partial charge in [-0.3, -0.25) is 9.78 Å². The lowest BCUT2D eigenvalue weighted by Gasteiger charge is -2.21. The van der Waals surface area contributed by atoms with Gasteiger partial charge in [0.2, 0.25) is 0 Å². The quantitative estimate of drug-likeness (QED) is 0.452. The number of carbonyl (C=O) groups is 1. The molecule has 0 aromatic carbocycles. The van der Waals surface area contributed by atoms with E-state index in [2.05, 4.69) is 20.9 Å². The average Bonchev–Trinajstić information content (AvgIpc) is 2.40. The molecule has 86 valence electrons. The zero-order valence-electron chi connectivity index (χ0n) is 9.15. The average molecular weight is 284 g/mol. The maximum Gasteiger partial charge on any atom is 0.303 e. The van der Waals surface area contributed by atoms with Crippen LogP contribution in [0.5, 0.6) is 0 Å². The SMILES string of the molecule is CC(=O)OC1c2cccnc2CCCC1Br. The van der Waals surface area contributed by atoms with Crippen molar-refractivity contribution in [2.75, 3.05) is 0 Å². The Labute approximate surface area is 103 Å². The summed E-state index contributed by atoms with van der Waals surface area (Å²) in [5.74, 6) is -0.244. The number of rotatable bonds is 1. The van der Waals surface area contributed by atoms with Crippen molar-refractivity contribution in [2.24, 2.45) is 0 Å². The summed E-state index contributed by atoms with van der Waals surface area (Å²) in [6.45, 7) is 1.45. The molecule has 1 aliphatic carbocycles. The van der Waals surface area contributed by atoms with E-state index in [1.165, 1.54) is 6.92 Å². The zero-order chi connectivity index (χ0) is 11.5. The van der Waals surface area contributed by atoms with Crippen LogP contribution in [0, 0.1) is 0 Å². The minimum atomic E-state index is -0.244. The van der Waals surface area contributed by atoms with E-state index in [0.29, 0.717) is 0 Å². The van der Waals surface area contributed by atoms with Gasteiger partial charge in [0, 0.05) is 24.4 Å². The molecular formula is C12H14BrNO2. The van der Waals surface area contributed by atoms with Gasteiger partial charge in [0.15, 0.2) is 0 Å². The minimum absolute atomic E-state index is 0.182. The maximum atomic E-state index is 11.1. The van der Waals surface area contributed by atoms with Gasteiger partial charge in [0.1, 0.15) is 6.10 Å². The number of aromatic nitrogens is 1. The first-order valence-corrected chi connectivity index (χ1v) is 6.35. The molecule has 2 rings (SSSR count). The number of aryl methyl sites for hydroxylation is 1. The smallest absolute Gasteiger partial charge is 0.303 e. The molecule has 0 bridgehead atoms. The van der Waals surface area contributed by atoms with Crippen LogP contribution in [0.1, 0.15) is 37.1 Å². The van der Waals surface area contributed by atoms with E-state index in [9.17, 15) is 4.79 Å². The van der Waals surface area contributed by atoms with Crippen molar-refractivity contribution in [1.29, 1.82) is 0 Å². The van der Waals surface area contributed by atoms with E-state index in [-0.39, 0.29) is 16.9 Å². The van der Waals surface area contributed by atoms with Gasteiger partial charge in [0.05, 0.1) is 4.83 Å². The number of hydrogen-bond acceptors (Lipinski definition) is 3. The van der Waals surface area contributed by atoms with E-state index >= 15 is 0 Å². The third kappa shape index (κ3) is 2.43. The summed E-state index contributed by atoms with van der Waals surface area (Å²) in [7, 11) is 0. The highest BCUT2D eigenvalue weighted by Gasteiger charge is 2.28. The molecule has 0 spiro atoms. The lowest BCUT2D eigenvalue weighted by atomic mass is 10.1. The van der Waals surface area contributed by atoms with Crippen molar-refractivity contribution < 1.29 is 9.53 Å². The Morgan fingerprint density at radius 3 is 3.19 bits per heavy atom. The van der Waals surface area contributed by atoms with Crippen LogP contribution in [0.15, 0.2) is 18.3 Å². The van der Waals surface area contributed by atoms with Crippen molar-refractivity contribution in [3.8, 4) is 0 Å². The van der Waals surface area contributed by atoms with Gasteiger partial charge in [0.25, 0.3) is 0 Å². The summed E-state index contributed by atoms with van der Waals surface area (Å²) in [4.78, 5) is 15.7. The zero-order valence-corrected chi connectivity index (χ0v) is 10.7. The molecule has 1 heterocycles. The summed E-state index contributed by atoms with van der Waals surface area (Å²) >= 11 is 3.60. The molecule has 2 unspecified atom stereocenters. The molecule has 4 heteroatoms. The third-order valence-corrected chi connectivity index (χ3v) is 3.68. The molecule has 1 aromatic heterocycles. The largest absolute Gasteiger partial charge is 0.456 e. The van der Waals surface area contributed by atoms with E-state index in [1.54, 1.807) is 6.20 Å². The van der Waals surface area contributed by atoms with Crippen LogP contribution >= 0.6 is 15.9 Å². The van der Waals surface area contributed by atoms with Gasteiger partial charge in [-0.1, -0.05) is 22.0 Å². The van der Waals surface area contributed by atoms with Crippen molar-refractivity contribution in [3.05, 3.63) is 29.6 Å². The molecule has 0 N–H and O–H groups in total. The molecule has 0 aliphatic heterocycles. The van der Waals surface area contributed by atoms with Gasteiger partial charge in [-0.15, -0.1) is 0 Å². The topological polar surface area (TPSA) is 39.2 Å². The van der Waals surface area contributed by atoms with Crippen LogP contribution in [-0.4, -0.2) is 15.8 Å².